The molecule has 0 radical (unpaired) electrons. The minimum absolute atomic E-state index is 0.643. The lowest BCUT2D eigenvalue weighted by Crippen LogP contribution is -2.42. The van der Waals surface area contributed by atoms with Crippen LogP contribution >= 0.6 is 0 Å². The summed E-state index contributed by atoms with van der Waals surface area (Å²) in [5.41, 5.74) is 0. The molecular formula is C16H34N4. The Hall–Kier alpha value is -0.770. The van der Waals surface area contributed by atoms with Crippen LogP contribution in [0, 0.1) is 17.8 Å². The Morgan fingerprint density at radius 1 is 1.20 bits per heavy atom. The van der Waals surface area contributed by atoms with E-state index in [9.17, 15) is 0 Å². The zero-order valence-corrected chi connectivity index (χ0v) is 14.1. The second-order valence-corrected chi connectivity index (χ2v) is 6.83. The summed E-state index contributed by atoms with van der Waals surface area (Å²) in [5.74, 6) is 3.28. The molecule has 2 N–H and O–H groups in total. The minimum atomic E-state index is 0.643. The molecule has 0 saturated carbocycles. The quantitative estimate of drug-likeness (QED) is 0.446. The molecule has 4 nitrogen and oxygen atoms in total. The van der Waals surface area contributed by atoms with E-state index in [1.807, 2.05) is 7.05 Å². The number of likely N-dealkylation sites (tertiary alicyclic amines) is 1. The molecule has 1 rings (SSSR count). The van der Waals surface area contributed by atoms with Gasteiger partial charge in [-0.3, -0.25) is 4.99 Å². The van der Waals surface area contributed by atoms with E-state index in [0.717, 1.165) is 30.9 Å². The summed E-state index contributed by atoms with van der Waals surface area (Å²) in [5, 5.41) is 6.75. The van der Waals surface area contributed by atoms with Gasteiger partial charge >= 0.3 is 0 Å². The minimum Gasteiger partial charge on any atom is -0.356 e. The molecule has 2 unspecified atom stereocenters. The molecule has 0 aromatic heterocycles. The lowest BCUT2D eigenvalue weighted by Gasteiger charge is -2.35. The average Bonchev–Trinajstić information content (AvgIpc) is 2.36. The second kappa shape index (κ2) is 9.22. The zero-order valence-electron chi connectivity index (χ0n) is 14.1. The lowest BCUT2D eigenvalue weighted by molar-refractivity contribution is 0.140. The fourth-order valence-corrected chi connectivity index (χ4v) is 3.01. The fourth-order valence-electron chi connectivity index (χ4n) is 3.01. The predicted octanol–water partition coefficient (Wildman–Crippen LogP) is 2.18. The molecule has 1 aliphatic heterocycles. The normalized spacial score (nSPS) is 25.0. The van der Waals surface area contributed by atoms with E-state index in [1.165, 1.54) is 32.5 Å². The van der Waals surface area contributed by atoms with Crippen LogP contribution in [-0.4, -0.2) is 50.6 Å². The van der Waals surface area contributed by atoms with E-state index in [4.69, 9.17) is 0 Å². The first-order chi connectivity index (χ1) is 9.51. The van der Waals surface area contributed by atoms with Crippen molar-refractivity contribution >= 4 is 5.96 Å². The van der Waals surface area contributed by atoms with Gasteiger partial charge in [0.1, 0.15) is 0 Å². The Kier molecular flexibility index (Phi) is 7.97. The maximum atomic E-state index is 4.25. The Labute approximate surface area is 125 Å². The van der Waals surface area contributed by atoms with Gasteiger partial charge in [0.25, 0.3) is 0 Å². The fraction of sp³-hybridized carbons (Fsp3) is 0.938. The van der Waals surface area contributed by atoms with Crippen molar-refractivity contribution in [2.45, 2.75) is 40.5 Å². The topological polar surface area (TPSA) is 39.7 Å². The predicted molar refractivity (Wildman–Crippen MR) is 88.2 cm³/mol. The lowest BCUT2D eigenvalue weighted by atomic mass is 9.92. The van der Waals surface area contributed by atoms with E-state index < -0.39 is 0 Å². The van der Waals surface area contributed by atoms with Crippen molar-refractivity contribution < 1.29 is 0 Å². The molecule has 0 aromatic rings. The van der Waals surface area contributed by atoms with Crippen LogP contribution in [0.3, 0.4) is 0 Å². The molecule has 0 amide bonds. The maximum absolute atomic E-state index is 4.25. The van der Waals surface area contributed by atoms with Gasteiger partial charge in [0.2, 0.25) is 0 Å². The van der Waals surface area contributed by atoms with Crippen LogP contribution in [0.15, 0.2) is 4.99 Å². The van der Waals surface area contributed by atoms with Gasteiger partial charge in [-0.1, -0.05) is 27.7 Å². The summed E-state index contributed by atoms with van der Waals surface area (Å²) in [6.07, 6.45) is 2.57. The number of rotatable bonds is 6. The smallest absolute Gasteiger partial charge is 0.190 e. The first-order valence-corrected chi connectivity index (χ1v) is 8.18. The molecule has 0 aliphatic carbocycles. The third-order valence-electron chi connectivity index (χ3n) is 3.79. The van der Waals surface area contributed by atoms with Gasteiger partial charge in [-0.05, 0) is 37.1 Å². The monoisotopic (exact) mass is 282 g/mol. The second-order valence-electron chi connectivity index (χ2n) is 6.83. The van der Waals surface area contributed by atoms with Crippen LogP contribution in [0.25, 0.3) is 0 Å². The molecule has 2 atom stereocenters. The van der Waals surface area contributed by atoms with Crippen LogP contribution in [0.4, 0.5) is 0 Å². The molecule has 118 valence electrons. The van der Waals surface area contributed by atoms with Gasteiger partial charge in [-0.25, -0.2) is 0 Å². The van der Waals surface area contributed by atoms with E-state index >= 15 is 0 Å². The Balaban J connectivity index is 2.14. The van der Waals surface area contributed by atoms with Crippen molar-refractivity contribution in [3.63, 3.8) is 0 Å². The van der Waals surface area contributed by atoms with E-state index in [1.54, 1.807) is 0 Å². The van der Waals surface area contributed by atoms with Crippen molar-refractivity contribution in [1.29, 1.82) is 0 Å². The number of guanidine groups is 1. The Morgan fingerprint density at radius 2 is 1.85 bits per heavy atom. The molecule has 0 aromatic carbocycles. The van der Waals surface area contributed by atoms with Gasteiger partial charge in [-0.15, -0.1) is 0 Å². The largest absolute Gasteiger partial charge is 0.356 e. The molecular weight excluding hydrogens is 248 g/mol. The highest BCUT2D eigenvalue weighted by molar-refractivity contribution is 5.79. The highest BCUT2D eigenvalue weighted by Gasteiger charge is 2.20. The molecule has 0 bridgehead atoms. The third kappa shape index (κ3) is 7.13. The molecule has 1 fully saturated rings. The van der Waals surface area contributed by atoms with Crippen molar-refractivity contribution in [2.24, 2.45) is 22.7 Å². The van der Waals surface area contributed by atoms with Crippen molar-refractivity contribution in [1.82, 2.24) is 15.5 Å². The van der Waals surface area contributed by atoms with Crippen LogP contribution in [0.2, 0.25) is 0 Å². The van der Waals surface area contributed by atoms with Gasteiger partial charge in [0.05, 0.1) is 0 Å². The van der Waals surface area contributed by atoms with Gasteiger partial charge in [-0.2, -0.15) is 0 Å². The standard InChI is InChI=1S/C16H34N4/c1-13(2)10-19-16(17-5)18-7-6-8-20-11-14(3)9-15(4)12-20/h13-15H,6-12H2,1-5H3,(H2,17,18,19). The number of piperidine rings is 1. The molecule has 1 heterocycles. The van der Waals surface area contributed by atoms with Gasteiger partial charge in [0, 0.05) is 33.2 Å². The summed E-state index contributed by atoms with van der Waals surface area (Å²) in [7, 11) is 1.84. The van der Waals surface area contributed by atoms with E-state index in [2.05, 4.69) is 48.2 Å². The van der Waals surface area contributed by atoms with Crippen LogP contribution < -0.4 is 10.6 Å². The van der Waals surface area contributed by atoms with E-state index in [0.29, 0.717) is 5.92 Å². The highest BCUT2D eigenvalue weighted by Crippen LogP contribution is 2.20. The van der Waals surface area contributed by atoms with E-state index in [-0.39, 0.29) is 0 Å². The van der Waals surface area contributed by atoms with Gasteiger partial charge in [0.15, 0.2) is 5.96 Å². The number of hydrogen-bond acceptors (Lipinski definition) is 2. The molecule has 0 spiro atoms. The SMILES string of the molecule is CN=C(NCCCN1CC(C)CC(C)C1)NCC(C)C. The Bertz CT molecular complexity index is 278. The van der Waals surface area contributed by atoms with Crippen LogP contribution in [-0.2, 0) is 0 Å². The summed E-state index contributed by atoms with van der Waals surface area (Å²) < 4.78 is 0. The third-order valence-corrected chi connectivity index (χ3v) is 3.79. The zero-order chi connectivity index (χ0) is 15.0. The van der Waals surface area contributed by atoms with Crippen LogP contribution in [0.5, 0.6) is 0 Å². The number of hydrogen-bond donors (Lipinski definition) is 2. The Morgan fingerprint density at radius 3 is 2.40 bits per heavy atom. The van der Waals surface area contributed by atoms with Crippen molar-refractivity contribution in [3.05, 3.63) is 0 Å². The summed E-state index contributed by atoms with van der Waals surface area (Å²) in [4.78, 5) is 6.87. The molecule has 20 heavy (non-hydrogen) atoms. The van der Waals surface area contributed by atoms with Crippen LogP contribution in [0.1, 0.15) is 40.5 Å². The van der Waals surface area contributed by atoms with Gasteiger partial charge < -0.3 is 15.5 Å². The number of nitrogens with zero attached hydrogens (tertiary/aromatic N) is 2. The average molecular weight is 282 g/mol. The highest BCUT2D eigenvalue weighted by atomic mass is 15.2. The summed E-state index contributed by atoms with van der Waals surface area (Å²) in [6.45, 7) is 14.9. The summed E-state index contributed by atoms with van der Waals surface area (Å²) in [6, 6.07) is 0. The number of aliphatic imine (C=N–C) groups is 1. The molecule has 1 aliphatic rings. The maximum Gasteiger partial charge on any atom is 0.190 e. The summed E-state index contributed by atoms with van der Waals surface area (Å²) >= 11 is 0. The first-order valence-electron chi connectivity index (χ1n) is 8.18. The molecule has 1 saturated heterocycles. The van der Waals surface area contributed by atoms with Crippen molar-refractivity contribution in [3.8, 4) is 0 Å². The first kappa shape index (κ1) is 17.3. The van der Waals surface area contributed by atoms with Crippen molar-refractivity contribution in [2.75, 3.05) is 39.8 Å². The number of nitrogens with one attached hydrogen (secondary N) is 2. The molecule has 4 heteroatoms.